The molecule has 4 nitrogen and oxygen atoms in total. The molecule has 0 bridgehead atoms. The molecule has 0 aliphatic carbocycles. The monoisotopic (exact) mass is 201 g/mol. The van der Waals surface area contributed by atoms with Gasteiger partial charge in [0.2, 0.25) is 10.0 Å². The average Bonchev–Trinajstić information content (AvgIpc) is 2.49. The lowest BCUT2D eigenvalue weighted by Crippen LogP contribution is -2.15. The van der Waals surface area contributed by atoms with E-state index in [1.54, 1.807) is 13.0 Å². The summed E-state index contributed by atoms with van der Waals surface area (Å²) in [7, 11) is -3.35. The molecule has 13 heavy (non-hydrogen) atoms. The standard InChI is InChI=1S/C8H11NO3S/c1-3-8(10)7-5-4-6-9(7)13(2,11)12/h4-6H,3H2,1-2H3. The van der Waals surface area contributed by atoms with E-state index in [4.69, 9.17) is 0 Å². The third-order valence-electron chi connectivity index (χ3n) is 1.68. The fourth-order valence-corrected chi connectivity index (χ4v) is 1.86. The Morgan fingerprint density at radius 3 is 2.62 bits per heavy atom. The van der Waals surface area contributed by atoms with Crippen LogP contribution in [0.15, 0.2) is 18.3 Å². The summed E-state index contributed by atoms with van der Waals surface area (Å²) in [6.07, 6.45) is 2.75. The highest BCUT2D eigenvalue weighted by Crippen LogP contribution is 2.07. The van der Waals surface area contributed by atoms with Crippen molar-refractivity contribution in [3.05, 3.63) is 24.0 Å². The van der Waals surface area contributed by atoms with E-state index < -0.39 is 10.0 Å². The van der Waals surface area contributed by atoms with Crippen LogP contribution in [0, 0.1) is 0 Å². The first-order chi connectivity index (χ1) is 5.96. The van der Waals surface area contributed by atoms with Gasteiger partial charge >= 0.3 is 0 Å². The van der Waals surface area contributed by atoms with Crippen molar-refractivity contribution in [2.75, 3.05) is 6.26 Å². The number of carbonyl (C=O) groups excluding carboxylic acids is 1. The predicted molar refractivity (Wildman–Crippen MR) is 49.3 cm³/mol. The second-order valence-corrected chi connectivity index (χ2v) is 4.59. The third-order valence-corrected chi connectivity index (χ3v) is 2.71. The van der Waals surface area contributed by atoms with Gasteiger partial charge in [0.15, 0.2) is 5.78 Å². The van der Waals surface area contributed by atoms with Crippen LogP contribution in [-0.4, -0.2) is 24.4 Å². The van der Waals surface area contributed by atoms with Gasteiger partial charge in [-0.05, 0) is 12.1 Å². The van der Waals surface area contributed by atoms with Gasteiger partial charge in [-0.1, -0.05) is 6.92 Å². The summed E-state index contributed by atoms with van der Waals surface area (Å²) in [5.41, 5.74) is 0.227. The number of rotatable bonds is 3. The van der Waals surface area contributed by atoms with Crippen LogP contribution < -0.4 is 0 Å². The van der Waals surface area contributed by atoms with Crippen LogP contribution in [0.1, 0.15) is 23.8 Å². The lowest BCUT2D eigenvalue weighted by atomic mass is 10.2. The van der Waals surface area contributed by atoms with Crippen LogP contribution in [0.2, 0.25) is 0 Å². The molecule has 0 spiro atoms. The molecule has 1 rings (SSSR count). The zero-order valence-electron chi connectivity index (χ0n) is 7.52. The molecule has 0 radical (unpaired) electrons. The molecule has 0 fully saturated rings. The molecular weight excluding hydrogens is 190 g/mol. The average molecular weight is 201 g/mol. The van der Waals surface area contributed by atoms with Gasteiger partial charge in [0.05, 0.1) is 11.9 Å². The summed E-state index contributed by atoms with van der Waals surface area (Å²) in [6, 6.07) is 3.05. The van der Waals surface area contributed by atoms with Gasteiger partial charge < -0.3 is 0 Å². The second kappa shape index (κ2) is 3.33. The minimum Gasteiger partial charge on any atom is -0.293 e. The maximum Gasteiger partial charge on any atom is 0.236 e. The zero-order valence-corrected chi connectivity index (χ0v) is 8.34. The van der Waals surface area contributed by atoms with Crippen molar-refractivity contribution >= 4 is 15.8 Å². The second-order valence-electron chi connectivity index (χ2n) is 2.73. The number of nitrogens with zero attached hydrogens (tertiary/aromatic N) is 1. The van der Waals surface area contributed by atoms with E-state index in [9.17, 15) is 13.2 Å². The highest BCUT2D eigenvalue weighted by Gasteiger charge is 2.14. The lowest BCUT2D eigenvalue weighted by molar-refractivity contribution is 0.0982. The summed E-state index contributed by atoms with van der Waals surface area (Å²) >= 11 is 0. The van der Waals surface area contributed by atoms with Crippen molar-refractivity contribution in [3.8, 4) is 0 Å². The van der Waals surface area contributed by atoms with Crippen molar-refractivity contribution in [2.24, 2.45) is 0 Å². The molecule has 0 aliphatic rings. The molecule has 72 valence electrons. The van der Waals surface area contributed by atoms with Crippen molar-refractivity contribution in [2.45, 2.75) is 13.3 Å². The number of carbonyl (C=O) groups is 1. The van der Waals surface area contributed by atoms with Crippen LogP contribution >= 0.6 is 0 Å². The summed E-state index contributed by atoms with van der Waals surface area (Å²) < 4.78 is 23.3. The Balaban J connectivity index is 3.26. The minimum atomic E-state index is -3.35. The number of Topliss-reactive ketones (excluding diaryl/α,β-unsaturated/α-hetero) is 1. The molecular formula is C8H11NO3S. The molecule has 0 saturated carbocycles. The highest BCUT2D eigenvalue weighted by atomic mass is 32.2. The van der Waals surface area contributed by atoms with E-state index in [0.717, 1.165) is 10.2 Å². The molecule has 0 saturated heterocycles. The summed E-state index contributed by atoms with van der Waals surface area (Å²) in [4.78, 5) is 11.3. The first-order valence-electron chi connectivity index (χ1n) is 3.88. The van der Waals surface area contributed by atoms with Gasteiger partial charge in [0, 0.05) is 12.6 Å². The third kappa shape index (κ3) is 1.98. The summed E-state index contributed by atoms with van der Waals surface area (Å²) in [5, 5.41) is 0. The first-order valence-corrected chi connectivity index (χ1v) is 5.72. The van der Waals surface area contributed by atoms with E-state index in [1.165, 1.54) is 12.3 Å². The minimum absolute atomic E-state index is 0.171. The number of ketones is 1. The Hall–Kier alpha value is -1.10. The molecule has 0 unspecified atom stereocenters. The predicted octanol–water partition coefficient (Wildman–Crippen LogP) is 0.889. The molecule has 1 aromatic rings. The number of hydrogen-bond donors (Lipinski definition) is 0. The number of hydrogen-bond acceptors (Lipinski definition) is 3. The number of aromatic nitrogens is 1. The van der Waals surface area contributed by atoms with Gasteiger partial charge in [-0.25, -0.2) is 12.4 Å². The van der Waals surface area contributed by atoms with Gasteiger partial charge in [0.1, 0.15) is 0 Å². The molecule has 0 atom stereocenters. The van der Waals surface area contributed by atoms with Crippen molar-refractivity contribution in [3.63, 3.8) is 0 Å². The van der Waals surface area contributed by atoms with Crippen molar-refractivity contribution < 1.29 is 13.2 Å². The van der Waals surface area contributed by atoms with E-state index in [0.29, 0.717) is 6.42 Å². The molecule has 0 amide bonds. The lowest BCUT2D eigenvalue weighted by Gasteiger charge is -2.03. The van der Waals surface area contributed by atoms with Crippen LogP contribution in [0.25, 0.3) is 0 Å². The Morgan fingerprint density at radius 2 is 2.15 bits per heavy atom. The zero-order chi connectivity index (χ0) is 10.1. The highest BCUT2D eigenvalue weighted by molar-refractivity contribution is 7.89. The van der Waals surface area contributed by atoms with E-state index in [2.05, 4.69) is 0 Å². The molecule has 5 heteroatoms. The van der Waals surface area contributed by atoms with Gasteiger partial charge in [-0.15, -0.1) is 0 Å². The largest absolute Gasteiger partial charge is 0.293 e. The Morgan fingerprint density at radius 1 is 1.54 bits per heavy atom. The summed E-state index contributed by atoms with van der Waals surface area (Å²) in [5.74, 6) is -0.171. The van der Waals surface area contributed by atoms with E-state index >= 15 is 0 Å². The Kier molecular flexibility index (Phi) is 2.56. The van der Waals surface area contributed by atoms with Gasteiger partial charge in [-0.3, -0.25) is 4.79 Å². The van der Waals surface area contributed by atoms with Gasteiger partial charge in [0.25, 0.3) is 0 Å². The first kappa shape index (κ1) is 9.98. The molecule has 1 heterocycles. The molecule has 0 aliphatic heterocycles. The Labute approximate surface area is 77.2 Å². The van der Waals surface area contributed by atoms with Gasteiger partial charge in [-0.2, -0.15) is 0 Å². The van der Waals surface area contributed by atoms with Crippen molar-refractivity contribution in [1.29, 1.82) is 0 Å². The van der Waals surface area contributed by atoms with Crippen LogP contribution in [-0.2, 0) is 10.0 Å². The molecule has 1 aromatic heterocycles. The summed E-state index contributed by atoms with van der Waals surface area (Å²) in [6.45, 7) is 1.70. The van der Waals surface area contributed by atoms with Crippen LogP contribution in [0.5, 0.6) is 0 Å². The van der Waals surface area contributed by atoms with E-state index in [-0.39, 0.29) is 11.5 Å². The molecule has 0 N–H and O–H groups in total. The fourth-order valence-electron chi connectivity index (χ4n) is 1.05. The normalized spacial score (nSPS) is 11.5. The van der Waals surface area contributed by atoms with E-state index in [1.807, 2.05) is 0 Å². The van der Waals surface area contributed by atoms with Crippen LogP contribution in [0.4, 0.5) is 0 Å². The fraction of sp³-hybridized carbons (Fsp3) is 0.375. The Bertz CT molecular complexity index is 416. The topological polar surface area (TPSA) is 56.1 Å². The maximum absolute atomic E-state index is 11.3. The molecule has 0 aromatic carbocycles. The maximum atomic E-state index is 11.3. The SMILES string of the molecule is CCC(=O)c1cccn1S(C)(=O)=O. The quantitative estimate of drug-likeness (QED) is 0.682. The van der Waals surface area contributed by atoms with Crippen LogP contribution in [0.3, 0.4) is 0 Å². The smallest absolute Gasteiger partial charge is 0.236 e. The van der Waals surface area contributed by atoms with Crippen molar-refractivity contribution in [1.82, 2.24) is 3.97 Å².